The second kappa shape index (κ2) is 5.99. The fraction of sp³-hybridized carbons (Fsp3) is 0.375. The molecule has 1 aliphatic heterocycles. The molecule has 1 aliphatic rings. The van der Waals surface area contributed by atoms with E-state index in [4.69, 9.17) is 4.74 Å². The number of benzene rings is 1. The van der Waals surface area contributed by atoms with Crippen LogP contribution in [0.25, 0.3) is 0 Å². The zero-order valence-corrected chi connectivity index (χ0v) is 12.1. The molecule has 0 fully saturated rings. The van der Waals surface area contributed by atoms with Gasteiger partial charge in [0.2, 0.25) is 5.91 Å². The summed E-state index contributed by atoms with van der Waals surface area (Å²) in [5.41, 5.74) is 1.12. The third-order valence-electron chi connectivity index (χ3n) is 3.86. The van der Waals surface area contributed by atoms with Crippen LogP contribution >= 0.6 is 0 Å². The summed E-state index contributed by atoms with van der Waals surface area (Å²) in [6, 6.07) is 7.93. The van der Waals surface area contributed by atoms with Gasteiger partial charge in [-0.05, 0) is 18.1 Å². The fourth-order valence-electron chi connectivity index (χ4n) is 2.59. The van der Waals surface area contributed by atoms with E-state index < -0.39 is 0 Å². The van der Waals surface area contributed by atoms with Crippen molar-refractivity contribution in [1.29, 1.82) is 0 Å². The maximum absolute atomic E-state index is 12.5. The standard InChI is InChI=1S/C16H19N3O2/c1-18(8-9-19-7-6-17-12-19)16(20)14-10-13-4-2-3-5-15(13)21-11-14/h2-7,12,14H,8-11H2,1H3/t14-/m1/s1. The predicted octanol–water partition coefficient (Wildman–Crippen LogP) is 1.59. The van der Waals surface area contributed by atoms with Crippen LogP contribution < -0.4 is 4.74 Å². The van der Waals surface area contributed by atoms with E-state index in [1.807, 2.05) is 42.1 Å². The summed E-state index contributed by atoms with van der Waals surface area (Å²) < 4.78 is 7.66. The molecule has 0 N–H and O–H groups in total. The molecule has 1 amide bonds. The van der Waals surface area contributed by atoms with Crippen LogP contribution in [0.3, 0.4) is 0 Å². The van der Waals surface area contributed by atoms with Crippen molar-refractivity contribution in [2.45, 2.75) is 13.0 Å². The van der Waals surface area contributed by atoms with Gasteiger partial charge >= 0.3 is 0 Å². The van der Waals surface area contributed by atoms with E-state index in [0.717, 1.165) is 24.3 Å². The van der Waals surface area contributed by atoms with Crippen molar-refractivity contribution in [3.05, 3.63) is 48.5 Å². The predicted molar refractivity (Wildman–Crippen MR) is 79.0 cm³/mol. The largest absolute Gasteiger partial charge is 0.492 e. The minimum Gasteiger partial charge on any atom is -0.492 e. The zero-order valence-electron chi connectivity index (χ0n) is 12.1. The SMILES string of the molecule is CN(CCn1ccnc1)C(=O)[C@H]1COc2ccccc2C1. The first-order valence-electron chi connectivity index (χ1n) is 7.15. The summed E-state index contributed by atoms with van der Waals surface area (Å²) in [6.07, 6.45) is 6.16. The topological polar surface area (TPSA) is 47.4 Å². The molecule has 5 nitrogen and oxygen atoms in total. The summed E-state index contributed by atoms with van der Waals surface area (Å²) in [7, 11) is 1.85. The molecule has 21 heavy (non-hydrogen) atoms. The number of para-hydroxylation sites is 1. The molecular weight excluding hydrogens is 266 g/mol. The Kier molecular flexibility index (Phi) is 3.90. The van der Waals surface area contributed by atoms with E-state index >= 15 is 0 Å². The van der Waals surface area contributed by atoms with Gasteiger partial charge in [-0.15, -0.1) is 0 Å². The lowest BCUT2D eigenvalue weighted by molar-refractivity contribution is -0.135. The summed E-state index contributed by atoms with van der Waals surface area (Å²) >= 11 is 0. The van der Waals surface area contributed by atoms with E-state index in [2.05, 4.69) is 4.98 Å². The molecule has 0 saturated heterocycles. The van der Waals surface area contributed by atoms with Crippen LogP contribution in [0.2, 0.25) is 0 Å². The van der Waals surface area contributed by atoms with Gasteiger partial charge in [-0.2, -0.15) is 0 Å². The number of imidazole rings is 1. The number of carbonyl (C=O) groups excluding carboxylic acids is 1. The van der Waals surface area contributed by atoms with Crippen LogP contribution in [0.15, 0.2) is 43.0 Å². The van der Waals surface area contributed by atoms with Gasteiger partial charge in [0, 0.05) is 32.5 Å². The molecule has 110 valence electrons. The van der Waals surface area contributed by atoms with Crippen molar-refractivity contribution in [1.82, 2.24) is 14.5 Å². The van der Waals surface area contributed by atoms with Gasteiger partial charge in [-0.3, -0.25) is 4.79 Å². The highest BCUT2D eigenvalue weighted by atomic mass is 16.5. The molecule has 5 heteroatoms. The Hall–Kier alpha value is -2.30. The van der Waals surface area contributed by atoms with Crippen molar-refractivity contribution in [2.75, 3.05) is 20.2 Å². The summed E-state index contributed by atoms with van der Waals surface area (Å²) in [5.74, 6) is 0.958. The number of aromatic nitrogens is 2. The van der Waals surface area contributed by atoms with E-state index in [0.29, 0.717) is 13.2 Å². The normalized spacial score (nSPS) is 16.9. The molecule has 0 saturated carbocycles. The number of fused-ring (bicyclic) bond motifs is 1. The lowest BCUT2D eigenvalue weighted by atomic mass is 9.95. The molecule has 0 aliphatic carbocycles. The molecular formula is C16H19N3O2. The number of likely N-dealkylation sites (N-methyl/N-ethyl adjacent to an activating group) is 1. The average molecular weight is 285 g/mol. The number of nitrogens with zero attached hydrogens (tertiary/aromatic N) is 3. The Morgan fingerprint density at radius 3 is 3.14 bits per heavy atom. The maximum Gasteiger partial charge on any atom is 0.229 e. The minimum absolute atomic E-state index is 0.0901. The number of rotatable bonds is 4. The third-order valence-corrected chi connectivity index (χ3v) is 3.86. The Bertz CT molecular complexity index is 610. The quantitative estimate of drug-likeness (QED) is 0.857. The molecule has 0 spiro atoms. The highest BCUT2D eigenvalue weighted by Crippen LogP contribution is 2.27. The molecule has 1 atom stereocenters. The molecule has 0 bridgehead atoms. The van der Waals surface area contributed by atoms with Gasteiger partial charge in [0.15, 0.2) is 0 Å². The van der Waals surface area contributed by atoms with Crippen LogP contribution in [0.4, 0.5) is 0 Å². The van der Waals surface area contributed by atoms with Gasteiger partial charge in [-0.1, -0.05) is 18.2 Å². The van der Waals surface area contributed by atoms with Crippen molar-refractivity contribution < 1.29 is 9.53 Å². The second-order valence-corrected chi connectivity index (χ2v) is 5.38. The van der Waals surface area contributed by atoms with E-state index in [1.54, 1.807) is 17.4 Å². The molecule has 2 heterocycles. The van der Waals surface area contributed by atoms with E-state index in [9.17, 15) is 4.79 Å². The van der Waals surface area contributed by atoms with Gasteiger partial charge in [0.25, 0.3) is 0 Å². The van der Waals surface area contributed by atoms with Crippen LogP contribution in [0.1, 0.15) is 5.56 Å². The summed E-state index contributed by atoms with van der Waals surface area (Å²) in [6.45, 7) is 1.89. The van der Waals surface area contributed by atoms with Crippen LogP contribution in [-0.4, -0.2) is 40.6 Å². The van der Waals surface area contributed by atoms with Crippen LogP contribution in [0.5, 0.6) is 5.75 Å². The number of hydrogen-bond acceptors (Lipinski definition) is 3. The third kappa shape index (κ3) is 3.07. The Morgan fingerprint density at radius 1 is 1.48 bits per heavy atom. The Morgan fingerprint density at radius 2 is 2.33 bits per heavy atom. The molecule has 1 aromatic carbocycles. The van der Waals surface area contributed by atoms with E-state index in [-0.39, 0.29) is 11.8 Å². The van der Waals surface area contributed by atoms with Crippen molar-refractivity contribution in [2.24, 2.45) is 5.92 Å². The number of carbonyl (C=O) groups is 1. The molecule has 2 aromatic rings. The number of amides is 1. The Balaban J connectivity index is 1.58. The summed E-state index contributed by atoms with van der Waals surface area (Å²) in [5, 5.41) is 0. The van der Waals surface area contributed by atoms with E-state index in [1.165, 1.54) is 0 Å². The molecule has 3 rings (SSSR count). The number of ether oxygens (including phenoxy) is 1. The highest BCUT2D eigenvalue weighted by molar-refractivity contribution is 5.79. The van der Waals surface area contributed by atoms with Crippen molar-refractivity contribution in [3.63, 3.8) is 0 Å². The van der Waals surface area contributed by atoms with Gasteiger partial charge in [-0.25, -0.2) is 4.98 Å². The lowest BCUT2D eigenvalue weighted by Gasteiger charge is -2.28. The first kappa shape index (κ1) is 13.7. The monoisotopic (exact) mass is 285 g/mol. The summed E-state index contributed by atoms with van der Waals surface area (Å²) in [4.78, 5) is 18.3. The van der Waals surface area contributed by atoms with Crippen LogP contribution in [-0.2, 0) is 17.8 Å². The zero-order chi connectivity index (χ0) is 14.7. The average Bonchev–Trinajstić information content (AvgIpc) is 3.05. The van der Waals surface area contributed by atoms with Gasteiger partial charge in [0.1, 0.15) is 12.4 Å². The fourth-order valence-corrected chi connectivity index (χ4v) is 2.59. The number of hydrogen-bond donors (Lipinski definition) is 0. The van der Waals surface area contributed by atoms with Crippen molar-refractivity contribution >= 4 is 5.91 Å². The first-order valence-corrected chi connectivity index (χ1v) is 7.15. The second-order valence-electron chi connectivity index (χ2n) is 5.38. The Labute approximate surface area is 124 Å². The minimum atomic E-state index is -0.0901. The van der Waals surface area contributed by atoms with Crippen LogP contribution in [0, 0.1) is 5.92 Å². The maximum atomic E-state index is 12.5. The molecule has 0 radical (unpaired) electrons. The van der Waals surface area contributed by atoms with Gasteiger partial charge < -0.3 is 14.2 Å². The highest BCUT2D eigenvalue weighted by Gasteiger charge is 2.27. The molecule has 0 unspecified atom stereocenters. The lowest BCUT2D eigenvalue weighted by Crippen LogP contribution is -2.39. The molecule has 1 aromatic heterocycles. The van der Waals surface area contributed by atoms with Crippen molar-refractivity contribution in [3.8, 4) is 5.75 Å². The first-order chi connectivity index (χ1) is 10.2. The smallest absolute Gasteiger partial charge is 0.229 e. The van der Waals surface area contributed by atoms with Gasteiger partial charge in [0.05, 0.1) is 12.2 Å².